The van der Waals surface area contributed by atoms with Crippen molar-refractivity contribution in [1.82, 2.24) is 9.97 Å². The van der Waals surface area contributed by atoms with Gasteiger partial charge in [0.25, 0.3) is 0 Å². The van der Waals surface area contributed by atoms with Crippen LogP contribution in [0.25, 0.3) is 0 Å². The molecule has 1 aromatic heterocycles. The summed E-state index contributed by atoms with van der Waals surface area (Å²) in [5, 5.41) is 3.30. The van der Waals surface area contributed by atoms with Crippen LogP contribution in [0.15, 0.2) is 0 Å². The maximum atomic E-state index is 11.3. The van der Waals surface area contributed by atoms with Gasteiger partial charge in [-0.15, -0.1) is 0 Å². The van der Waals surface area contributed by atoms with Gasteiger partial charge in [0.2, 0.25) is 5.91 Å². The van der Waals surface area contributed by atoms with Crippen LogP contribution in [-0.2, 0) is 4.79 Å². The third-order valence-corrected chi connectivity index (χ3v) is 3.00. The summed E-state index contributed by atoms with van der Waals surface area (Å²) in [7, 11) is 0. The van der Waals surface area contributed by atoms with Gasteiger partial charge in [-0.1, -0.05) is 6.92 Å². The van der Waals surface area contributed by atoms with E-state index in [1.165, 1.54) is 0 Å². The third-order valence-electron chi connectivity index (χ3n) is 3.00. The van der Waals surface area contributed by atoms with Crippen molar-refractivity contribution in [2.45, 2.75) is 47.1 Å². The molecule has 0 unspecified atom stereocenters. The lowest BCUT2D eigenvalue weighted by Crippen LogP contribution is -2.39. The second kappa shape index (κ2) is 7.07. The van der Waals surface area contributed by atoms with E-state index in [1.807, 2.05) is 32.6 Å². The van der Waals surface area contributed by atoms with Crippen LogP contribution in [0.4, 0.5) is 11.6 Å². The molecular formula is C14H25N5O. The SMILES string of the molecule is CCCNc1nc(C)nc(N(CC(N)=O)C(C)C)c1C. The molecule has 0 aliphatic rings. The van der Waals surface area contributed by atoms with Gasteiger partial charge in [0.1, 0.15) is 17.5 Å². The number of nitrogens with two attached hydrogens (primary N) is 1. The molecule has 20 heavy (non-hydrogen) atoms. The predicted molar refractivity (Wildman–Crippen MR) is 82.0 cm³/mol. The normalized spacial score (nSPS) is 10.7. The number of hydrogen-bond donors (Lipinski definition) is 2. The van der Waals surface area contributed by atoms with Crippen molar-refractivity contribution in [2.24, 2.45) is 5.73 Å². The Bertz CT molecular complexity index is 473. The van der Waals surface area contributed by atoms with Crippen LogP contribution in [0.2, 0.25) is 0 Å². The molecule has 6 nitrogen and oxygen atoms in total. The van der Waals surface area contributed by atoms with Crippen LogP contribution in [0, 0.1) is 13.8 Å². The van der Waals surface area contributed by atoms with Crippen molar-refractivity contribution in [3.8, 4) is 0 Å². The van der Waals surface area contributed by atoms with Gasteiger partial charge in [-0.25, -0.2) is 9.97 Å². The van der Waals surface area contributed by atoms with Crippen LogP contribution in [0.3, 0.4) is 0 Å². The van der Waals surface area contributed by atoms with Crippen molar-refractivity contribution >= 4 is 17.5 Å². The molecule has 0 aliphatic heterocycles. The highest BCUT2D eigenvalue weighted by molar-refractivity contribution is 5.80. The van der Waals surface area contributed by atoms with Gasteiger partial charge >= 0.3 is 0 Å². The van der Waals surface area contributed by atoms with Crippen molar-refractivity contribution in [3.63, 3.8) is 0 Å². The van der Waals surface area contributed by atoms with Gasteiger partial charge in [0.05, 0.1) is 6.54 Å². The zero-order valence-electron chi connectivity index (χ0n) is 13.0. The quantitative estimate of drug-likeness (QED) is 0.792. The summed E-state index contributed by atoms with van der Waals surface area (Å²) in [6, 6.07) is 0.134. The molecule has 0 aliphatic carbocycles. The first kappa shape index (κ1) is 16.2. The Morgan fingerprint density at radius 1 is 1.35 bits per heavy atom. The fraction of sp³-hybridized carbons (Fsp3) is 0.643. The van der Waals surface area contributed by atoms with E-state index in [2.05, 4.69) is 22.2 Å². The maximum Gasteiger partial charge on any atom is 0.237 e. The van der Waals surface area contributed by atoms with Crippen LogP contribution in [0.5, 0.6) is 0 Å². The standard InChI is InChI=1S/C14H25N5O/c1-6-7-16-13-10(4)14(18-11(5)17-13)19(9(2)3)8-12(15)20/h9H,6-8H2,1-5H3,(H2,15,20)(H,16,17,18). The summed E-state index contributed by atoms with van der Waals surface area (Å²) < 4.78 is 0. The van der Waals surface area contributed by atoms with Gasteiger partial charge < -0.3 is 16.0 Å². The monoisotopic (exact) mass is 279 g/mol. The molecule has 0 saturated carbocycles. The van der Waals surface area contributed by atoms with Gasteiger partial charge in [-0.05, 0) is 34.1 Å². The highest BCUT2D eigenvalue weighted by Gasteiger charge is 2.19. The summed E-state index contributed by atoms with van der Waals surface area (Å²) in [4.78, 5) is 22.1. The minimum Gasteiger partial charge on any atom is -0.370 e. The lowest BCUT2D eigenvalue weighted by molar-refractivity contribution is -0.116. The Kier molecular flexibility index (Phi) is 5.73. The molecule has 1 heterocycles. The molecule has 0 saturated heterocycles. The van der Waals surface area contributed by atoms with E-state index in [4.69, 9.17) is 5.73 Å². The van der Waals surface area contributed by atoms with E-state index < -0.39 is 0 Å². The van der Waals surface area contributed by atoms with Crippen molar-refractivity contribution in [3.05, 3.63) is 11.4 Å². The number of primary amides is 1. The topological polar surface area (TPSA) is 84.1 Å². The van der Waals surface area contributed by atoms with Crippen molar-refractivity contribution in [2.75, 3.05) is 23.3 Å². The number of nitrogens with one attached hydrogen (secondary N) is 1. The smallest absolute Gasteiger partial charge is 0.237 e. The molecule has 1 amide bonds. The number of nitrogens with zero attached hydrogens (tertiary/aromatic N) is 3. The Morgan fingerprint density at radius 3 is 2.50 bits per heavy atom. The zero-order valence-corrected chi connectivity index (χ0v) is 13.0. The largest absolute Gasteiger partial charge is 0.370 e. The number of aromatic nitrogens is 2. The second-order valence-electron chi connectivity index (χ2n) is 5.18. The van der Waals surface area contributed by atoms with E-state index >= 15 is 0 Å². The summed E-state index contributed by atoms with van der Waals surface area (Å²) in [5.74, 6) is 1.91. The van der Waals surface area contributed by atoms with E-state index in [0.717, 1.165) is 30.2 Å². The minimum atomic E-state index is -0.363. The number of hydrogen-bond acceptors (Lipinski definition) is 5. The van der Waals surface area contributed by atoms with Crippen molar-refractivity contribution < 1.29 is 4.79 Å². The van der Waals surface area contributed by atoms with Crippen LogP contribution < -0.4 is 16.0 Å². The fourth-order valence-electron chi connectivity index (χ4n) is 1.98. The molecule has 1 aromatic rings. The zero-order chi connectivity index (χ0) is 15.3. The molecule has 6 heteroatoms. The van der Waals surface area contributed by atoms with Gasteiger partial charge in [0.15, 0.2) is 0 Å². The molecule has 0 radical (unpaired) electrons. The molecule has 0 spiro atoms. The Morgan fingerprint density at radius 2 is 2.00 bits per heavy atom. The highest BCUT2D eigenvalue weighted by atomic mass is 16.1. The molecule has 0 aromatic carbocycles. The second-order valence-corrected chi connectivity index (χ2v) is 5.18. The molecule has 0 bridgehead atoms. The Labute approximate surface area is 120 Å². The van der Waals surface area contributed by atoms with Crippen LogP contribution in [-0.4, -0.2) is 35.0 Å². The first-order chi connectivity index (χ1) is 9.36. The fourth-order valence-corrected chi connectivity index (χ4v) is 1.98. The summed E-state index contributed by atoms with van der Waals surface area (Å²) in [6.45, 7) is 10.9. The highest BCUT2D eigenvalue weighted by Crippen LogP contribution is 2.24. The molecule has 112 valence electrons. The van der Waals surface area contributed by atoms with Crippen LogP contribution >= 0.6 is 0 Å². The van der Waals surface area contributed by atoms with Gasteiger partial charge in [0, 0.05) is 18.2 Å². The average molecular weight is 279 g/mol. The number of carbonyl (C=O) groups excluding carboxylic acids is 1. The number of amides is 1. The number of aryl methyl sites for hydroxylation is 1. The lowest BCUT2D eigenvalue weighted by Gasteiger charge is -2.28. The van der Waals surface area contributed by atoms with E-state index in [1.54, 1.807) is 0 Å². The third kappa shape index (κ3) is 4.08. The molecule has 1 rings (SSSR count). The summed E-state index contributed by atoms with van der Waals surface area (Å²) >= 11 is 0. The first-order valence-corrected chi connectivity index (χ1v) is 7.00. The average Bonchev–Trinajstić information content (AvgIpc) is 2.36. The molecular weight excluding hydrogens is 254 g/mol. The number of carbonyl (C=O) groups is 1. The Hall–Kier alpha value is -1.85. The van der Waals surface area contributed by atoms with Crippen LogP contribution in [0.1, 0.15) is 38.6 Å². The maximum absolute atomic E-state index is 11.3. The minimum absolute atomic E-state index is 0.134. The van der Waals surface area contributed by atoms with E-state index in [-0.39, 0.29) is 18.5 Å². The molecule has 0 atom stereocenters. The van der Waals surface area contributed by atoms with Crippen molar-refractivity contribution in [1.29, 1.82) is 0 Å². The number of rotatable bonds is 7. The predicted octanol–water partition coefficient (Wildman–Crippen LogP) is 1.62. The Balaban J connectivity index is 3.19. The molecule has 0 fully saturated rings. The molecule has 3 N–H and O–H groups in total. The lowest BCUT2D eigenvalue weighted by atomic mass is 10.2. The van der Waals surface area contributed by atoms with Gasteiger partial charge in [-0.3, -0.25) is 4.79 Å². The van der Waals surface area contributed by atoms with E-state index in [9.17, 15) is 4.79 Å². The number of anilines is 2. The van der Waals surface area contributed by atoms with E-state index in [0.29, 0.717) is 5.82 Å². The summed E-state index contributed by atoms with van der Waals surface area (Å²) in [5.41, 5.74) is 6.28. The van der Waals surface area contributed by atoms with Gasteiger partial charge in [-0.2, -0.15) is 0 Å². The first-order valence-electron chi connectivity index (χ1n) is 7.00. The summed E-state index contributed by atoms with van der Waals surface area (Å²) in [6.07, 6.45) is 1.02.